The lowest BCUT2D eigenvalue weighted by atomic mass is 10.1. The molecule has 1 saturated heterocycles. The van der Waals surface area contributed by atoms with Gasteiger partial charge >= 0.3 is 0 Å². The first-order valence-corrected chi connectivity index (χ1v) is 5.22. The number of nitrogens with one attached hydrogen (secondary N) is 1. The second-order valence-corrected chi connectivity index (χ2v) is 3.78. The second kappa shape index (κ2) is 4.68. The fourth-order valence-electron chi connectivity index (χ4n) is 1.78. The van der Waals surface area contributed by atoms with Gasteiger partial charge in [-0.15, -0.1) is 0 Å². The van der Waals surface area contributed by atoms with E-state index in [4.69, 9.17) is 4.74 Å². The zero-order chi connectivity index (χ0) is 10.7. The van der Waals surface area contributed by atoms with Crippen molar-refractivity contribution in [2.75, 3.05) is 6.61 Å². The summed E-state index contributed by atoms with van der Waals surface area (Å²) < 4.78 is 18.6. The molecule has 1 aliphatic heterocycles. The average Bonchev–Trinajstić information content (AvgIpc) is 2.63. The standard InChI is InChI=1S/C11H15FN2O/c1-8-10(4-6-15-8)14-7-11-9(12)3-2-5-13-11/h2-3,5,8,10,14H,4,6-7H2,1H3. The van der Waals surface area contributed by atoms with Crippen LogP contribution in [0.2, 0.25) is 0 Å². The molecule has 0 aromatic carbocycles. The monoisotopic (exact) mass is 210 g/mol. The summed E-state index contributed by atoms with van der Waals surface area (Å²) >= 11 is 0. The summed E-state index contributed by atoms with van der Waals surface area (Å²) in [5.74, 6) is -0.253. The van der Waals surface area contributed by atoms with Crippen LogP contribution >= 0.6 is 0 Å². The van der Waals surface area contributed by atoms with Gasteiger partial charge in [0.05, 0.1) is 11.8 Å². The molecule has 1 aliphatic rings. The molecule has 4 heteroatoms. The summed E-state index contributed by atoms with van der Waals surface area (Å²) in [4.78, 5) is 3.99. The summed E-state index contributed by atoms with van der Waals surface area (Å²) in [6.45, 7) is 3.27. The third-order valence-corrected chi connectivity index (χ3v) is 2.74. The Labute approximate surface area is 88.7 Å². The molecule has 2 rings (SSSR count). The van der Waals surface area contributed by atoms with Gasteiger partial charge in [-0.25, -0.2) is 4.39 Å². The largest absolute Gasteiger partial charge is 0.377 e. The Morgan fingerprint density at radius 3 is 3.20 bits per heavy atom. The molecule has 0 bridgehead atoms. The zero-order valence-electron chi connectivity index (χ0n) is 8.74. The maximum Gasteiger partial charge on any atom is 0.146 e. The molecule has 0 aliphatic carbocycles. The van der Waals surface area contributed by atoms with E-state index in [0.717, 1.165) is 13.0 Å². The number of nitrogens with zero attached hydrogens (tertiary/aromatic N) is 1. The van der Waals surface area contributed by atoms with E-state index in [1.807, 2.05) is 6.92 Å². The van der Waals surface area contributed by atoms with Crippen molar-refractivity contribution < 1.29 is 9.13 Å². The minimum Gasteiger partial charge on any atom is -0.377 e. The second-order valence-electron chi connectivity index (χ2n) is 3.78. The molecule has 1 fully saturated rings. The van der Waals surface area contributed by atoms with Crippen LogP contribution in [0.3, 0.4) is 0 Å². The van der Waals surface area contributed by atoms with Gasteiger partial charge in [-0.3, -0.25) is 4.98 Å². The van der Waals surface area contributed by atoms with Crippen molar-refractivity contribution in [2.45, 2.75) is 32.0 Å². The first-order valence-electron chi connectivity index (χ1n) is 5.22. The number of pyridine rings is 1. The Hall–Kier alpha value is -1.00. The van der Waals surface area contributed by atoms with E-state index in [-0.39, 0.29) is 11.9 Å². The van der Waals surface area contributed by atoms with Crippen LogP contribution in [0.1, 0.15) is 19.0 Å². The molecule has 0 radical (unpaired) electrons. The third kappa shape index (κ3) is 2.52. The van der Waals surface area contributed by atoms with Crippen LogP contribution < -0.4 is 5.32 Å². The van der Waals surface area contributed by atoms with Crippen LogP contribution in [0.25, 0.3) is 0 Å². The molecule has 0 amide bonds. The summed E-state index contributed by atoms with van der Waals surface area (Å²) in [5.41, 5.74) is 0.469. The smallest absolute Gasteiger partial charge is 0.146 e. The lowest BCUT2D eigenvalue weighted by Crippen LogP contribution is -2.34. The third-order valence-electron chi connectivity index (χ3n) is 2.74. The molecule has 2 atom stereocenters. The average molecular weight is 210 g/mol. The van der Waals surface area contributed by atoms with Gasteiger partial charge in [-0.05, 0) is 25.5 Å². The van der Waals surface area contributed by atoms with Crippen molar-refractivity contribution in [3.63, 3.8) is 0 Å². The molecule has 1 N–H and O–H groups in total. The van der Waals surface area contributed by atoms with Gasteiger partial charge < -0.3 is 10.1 Å². The van der Waals surface area contributed by atoms with Crippen molar-refractivity contribution in [1.29, 1.82) is 0 Å². The molecule has 1 aromatic heterocycles. The van der Waals surface area contributed by atoms with Crippen molar-refractivity contribution in [3.05, 3.63) is 29.8 Å². The van der Waals surface area contributed by atoms with Gasteiger partial charge in [-0.1, -0.05) is 0 Å². The number of rotatable bonds is 3. The van der Waals surface area contributed by atoms with E-state index in [2.05, 4.69) is 10.3 Å². The summed E-state index contributed by atoms with van der Waals surface area (Å²) in [5, 5.41) is 3.26. The lowest BCUT2D eigenvalue weighted by Gasteiger charge is -2.15. The first-order chi connectivity index (χ1) is 7.27. The maximum atomic E-state index is 13.2. The predicted octanol–water partition coefficient (Wildman–Crippen LogP) is 1.49. The molecule has 2 heterocycles. The fourth-order valence-corrected chi connectivity index (χ4v) is 1.78. The van der Waals surface area contributed by atoms with Gasteiger partial charge in [0.15, 0.2) is 0 Å². The molecular formula is C11H15FN2O. The normalized spacial score (nSPS) is 25.7. The van der Waals surface area contributed by atoms with Gasteiger partial charge in [0.1, 0.15) is 5.82 Å². The molecule has 82 valence electrons. The molecule has 1 aromatic rings. The summed E-state index contributed by atoms with van der Waals surface area (Å²) in [7, 11) is 0. The molecule has 0 saturated carbocycles. The highest BCUT2D eigenvalue weighted by atomic mass is 19.1. The van der Waals surface area contributed by atoms with E-state index >= 15 is 0 Å². The predicted molar refractivity (Wildman–Crippen MR) is 54.9 cm³/mol. The fraction of sp³-hybridized carbons (Fsp3) is 0.545. The lowest BCUT2D eigenvalue weighted by molar-refractivity contribution is 0.113. The Kier molecular flexibility index (Phi) is 3.28. The Morgan fingerprint density at radius 2 is 2.53 bits per heavy atom. The van der Waals surface area contributed by atoms with E-state index in [1.165, 1.54) is 6.07 Å². The summed E-state index contributed by atoms with van der Waals surface area (Å²) in [6.07, 6.45) is 2.79. The van der Waals surface area contributed by atoms with Gasteiger partial charge in [0.2, 0.25) is 0 Å². The van der Waals surface area contributed by atoms with Crippen LogP contribution in [0.4, 0.5) is 4.39 Å². The highest BCUT2D eigenvalue weighted by Crippen LogP contribution is 2.13. The first kappa shape index (κ1) is 10.5. The van der Waals surface area contributed by atoms with Crippen molar-refractivity contribution in [3.8, 4) is 0 Å². The Bertz CT molecular complexity index is 332. The van der Waals surface area contributed by atoms with Crippen LogP contribution in [-0.2, 0) is 11.3 Å². The van der Waals surface area contributed by atoms with Crippen LogP contribution in [0, 0.1) is 5.82 Å². The SMILES string of the molecule is CC1OCCC1NCc1ncccc1F. The van der Waals surface area contributed by atoms with E-state index in [9.17, 15) is 4.39 Å². The molecule has 15 heavy (non-hydrogen) atoms. The quantitative estimate of drug-likeness (QED) is 0.820. The highest BCUT2D eigenvalue weighted by molar-refractivity contribution is 5.06. The van der Waals surface area contributed by atoms with Crippen LogP contribution in [-0.4, -0.2) is 23.7 Å². The number of aromatic nitrogens is 1. The summed E-state index contributed by atoms with van der Waals surface area (Å²) in [6, 6.07) is 3.34. The zero-order valence-corrected chi connectivity index (χ0v) is 8.74. The molecule has 0 spiro atoms. The van der Waals surface area contributed by atoms with Crippen molar-refractivity contribution >= 4 is 0 Å². The number of ether oxygens (including phenoxy) is 1. The van der Waals surface area contributed by atoms with E-state index in [1.54, 1.807) is 12.3 Å². The van der Waals surface area contributed by atoms with Crippen molar-refractivity contribution in [2.24, 2.45) is 0 Å². The molecule has 3 nitrogen and oxygen atoms in total. The van der Waals surface area contributed by atoms with E-state index in [0.29, 0.717) is 18.3 Å². The number of hydrogen-bond donors (Lipinski definition) is 1. The maximum absolute atomic E-state index is 13.2. The van der Waals surface area contributed by atoms with Gasteiger partial charge in [0.25, 0.3) is 0 Å². The molecule has 2 unspecified atom stereocenters. The minimum atomic E-state index is -0.253. The Balaban J connectivity index is 1.90. The molecular weight excluding hydrogens is 195 g/mol. The highest BCUT2D eigenvalue weighted by Gasteiger charge is 2.23. The number of halogens is 1. The van der Waals surface area contributed by atoms with Crippen LogP contribution in [0.15, 0.2) is 18.3 Å². The topological polar surface area (TPSA) is 34.1 Å². The minimum absolute atomic E-state index is 0.205. The Morgan fingerprint density at radius 1 is 1.67 bits per heavy atom. The number of hydrogen-bond acceptors (Lipinski definition) is 3. The van der Waals surface area contributed by atoms with Gasteiger partial charge in [0, 0.05) is 25.4 Å². The van der Waals surface area contributed by atoms with Gasteiger partial charge in [-0.2, -0.15) is 0 Å². The van der Waals surface area contributed by atoms with Crippen LogP contribution in [0.5, 0.6) is 0 Å². The van der Waals surface area contributed by atoms with E-state index < -0.39 is 0 Å². The van der Waals surface area contributed by atoms with Crippen molar-refractivity contribution in [1.82, 2.24) is 10.3 Å².